The first-order valence-corrected chi connectivity index (χ1v) is 16.5. The quantitative estimate of drug-likeness (QED) is 0.226. The van der Waals surface area contributed by atoms with E-state index in [2.05, 4.69) is 36.2 Å². The Morgan fingerprint density at radius 2 is 1.58 bits per heavy atom. The molecule has 1 aliphatic heterocycles. The summed E-state index contributed by atoms with van der Waals surface area (Å²) in [6.07, 6.45) is 3.05. The maximum absolute atomic E-state index is 13.5. The number of nitrogens with zero attached hydrogens (tertiary/aromatic N) is 2. The van der Waals surface area contributed by atoms with Gasteiger partial charge >= 0.3 is 5.97 Å². The summed E-state index contributed by atoms with van der Waals surface area (Å²) >= 11 is 0. The molecule has 0 saturated carbocycles. The van der Waals surface area contributed by atoms with Crippen LogP contribution in [0.2, 0.25) is 0 Å². The highest BCUT2D eigenvalue weighted by Gasteiger charge is 2.38. The van der Waals surface area contributed by atoms with Crippen LogP contribution in [0.1, 0.15) is 50.7 Å². The fourth-order valence-corrected chi connectivity index (χ4v) is 7.31. The van der Waals surface area contributed by atoms with Crippen molar-refractivity contribution in [2.45, 2.75) is 62.6 Å². The smallest absolute Gasteiger partial charge is 0.309 e. The van der Waals surface area contributed by atoms with Gasteiger partial charge in [-0.2, -0.15) is 0 Å². The van der Waals surface area contributed by atoms with Crippen molar-refractivity contribution in [3.05, 3.63) is 102 Å². The first kappa shape index (κ1) is 34.7. The minimum atomic E-state index is -3.64. The third kappa shape index (κ3) is 8.89. The Bertz CT molecular complexity index is 1360. The minimum Gasteiger partial charge on any atom is -0.461 e. The van der Waals surface area contributed by atoms with Crippen LogP contribution in [-0.2, 0) is 31.6 Å². The second-order valence-electron chi connectivity index (χ2n) is 11.2. The van der Waals surface area contributed by atoms with Crippen molar-refractivity contribution in [1.82, 2.24) is 14.5 Å². The van der Waals surface area contributed by atoms with E-state index in [0.717, 1.165) is 50.0 Å². The molecule has 0 amide bonds. The van der Waals surface area contributed by atoms with Gasteiger partial charge in [0.15, 0.2) is 0 Å². The zero-order valence-corrected chi connectivity index (χ0v) is 27.2. The Morgan fingerprint density at radius 1 is 0.977 bits per heavy atom. The zero-order valence-electron chi connectivity index (χ0n) is 25.5. The van der Waals surface area contributed by atoms with Crippen LogP contribution < -0.4 is 5.32 Å². The monoisotopic (exact) mass is 627 g/mol. The van der Waals surface area contributed by atoms with E-state index in [1.165, 1.54) is 4.31 Å². The summed E-state index contributed by atoms with van der Waals surface area (Å²) in [6, 6.07) is 28.7. The number of rotatable bonds is 14. The summed E-state index contributed by atoms with van der Waals surface area (Å²) in [5.74, 6) is -0.289. The molecule has 3 aromatic carbocycles. The average Bonchev–Trinajstić information content (AvgIpc) is 3.03. The Labute approximate surface area is 264 Å². The maximum atomic E-state index is 13.5. The zero-order chi connectivity index (χ0) is 30.0. The third-order valence-corrected chi connectivity index (χ3v) is 10.4. The predicted molar refractivity (Wildman–Crippen MR) is 175 cm³/mol. The molecule has 1 fully saturated rings. The second-order valence-corrected chi connectivity index (χ2v) is 13.3. The molecule has 7 nitrogen and oxygen atoms in total. The SMILES string of the molecule is CCN[C@@H]1CC(C(=O)OCc2ccccc2)CCN1CC[C@@](CC)(CN(C)S(=O)(=O)c1ccccc1)c1ccccc1.Cl. The number of ether oxygens (including phenoxy) is 1. The van der Waals surface area contributed by atoms with E-state index in [0.29, 0.717) is 24.5 Å². The molecular weight excluding hydrogens is 582 g/mol. The van der Waals surface area contributed by atoms with Gasteiger partial charge in [0, 0.05) is 32.1 Å². The van der Waals surface area contributed by atoms with Gasteiger partial charge in [0.25, 0.3) is 0 Å². The Kier molecular flexibility index (Phi) is 13.2. The number of esters is 1. The highest BCUT2D eigenvalue weighted by Crippen LogP contribution is 2.35. The lowest BCUT2D eigenvalue weighted by Gasteiger charge is -2.43. The van der Waals surface area contributed by atoms with E-state index >= 15 is 0 Å². The normalized spacial score (nSPS) is 18.9. The summed E-state index contributed by atoms with van der Waals surface area (Å²) < 4.78 is 34.2. The van der Waals surface area contributed by atoms with Crippen molar-refractivity contribution in [3.8, 4) is 0 Å². The first-order chi connectivity index (χ1) is 20.3. The van der Waals surface area contributed by atoms with E-state index in [9.17, 15) is 13.2 Å². The molecule has 1 heterocycles. The molecule has 234 valence electrons. The Balaban J connectivity index is 0.00000506. The Hall–Kier alpha value is -2.75. The number of nitrogens with one attached hydrogen (secondary N) is 1. The molecule has 1 N–H and O–H groups in total. The number of carbonyl (C=O) groups excluding carboxylic acids is 1. The number of sulfonamides is 1. The number of hydrogen-bond acceptors (Lipinski definition) is 6. The third-order valence-electron chi connectivity index (χ3n) is 8.63. The van der Waals surface area contributed by atoms with Crippen LogP contribution in [0.5, 0.6) is 0 Å². The fourth-order valence-electron chi connectivity index (χ4n) is 6.03. The highest BCUT2D eigenvalue weighted by atomic mass is 35.5. The molecule has 0 bridgehead atoms. The van der Waals surface area contributed by atoms with Gasteiger partial charge in [0.05, 0.1) is 17.0 Å². The van der Waals surface area contributed by atoms with Crippen molar-refractivity contribution in [2.24, 2.45) is 5.92 Å². The maximum Gasteiger partial charge on any atom is 0.309 e. The number of hydrogen-bond donors (Lipinski definition) is 1. The van der Waals surface area contributed by atoms with E-state index in [-0.39, 0.29) is 35.9 Å². The molecular formula is C34H46ClN3O4S. The van der Waals surface area contributed by atoms with E-state index < -0.39 is 10.0 Å². The minimum absolute atomic E-state index is 0. The van der Waals surface area contributed by atoms with Crippen LogP contribution in [-0.4, -0.2) is 63.0 Å². The molecule has 3 aromatic rings. The molecule has 43 heavy (non-hydrogen) atoms. The van der Waals surface area contributed by atoms with Gasteiger partial charge in [0.2, 0.25) is 10.0 Å². The van der Waals surface area contributed by atoms with Crippen LogP contribution in [0.25, 0.3) is 0 Å². The largest absolute Gasteiger partial charge is 0.461 e. The van der Waals surface area contributed by atoms with Gasteiger partial charge in [-0.15, -0.1) is 12.4 Å². The number of halogens is 1. The number of benzene rings is 3. The summed E-state index contributed by atoms with van der Waals surface area (Å²) in [4.78, 5) is 15.7. The van der Waals surface area contributed by atoms with Gasteiger partial charge in [0.1, 0.15) is 6.61 Å². The molecule has 0 aliphatic carbocycles. The van der Waals surface area contributed by atoms with Crippen molar-refractivity contribution < 1.29 is 17.9 Å². The van der Waals surface area contributed by atoms with E-state index in [1.54, 1.807) is 31.3 Å². The summed E-state index contributed by atoms with van der Waals surface area (Å²) in [7, 11) is -1.96. The molecule has 1 saturated heterocycles. The van der Waals surface area contributed by atoms with E-state index in [4.69, 9.17) is 4.74 Å². The summed E-state index contributed by atoms with van der Waals surface area (Å²) in [6.45, 7) is 7.25. The predicted octanol–water partition coefficient (Wildman–Crippen LogP) is 5.86. The molecule has 1 aliphatic rings. The molecule has 9 heteroatoms. The fraction of sp³-hybridized carbons (Fsp3) is 0.441. The topological polar surface area (TPSA) is 79.0 Å². The standard InChI is InChI=1S/C34H45N3O4S.ClH/c1-4-34(30-17-11-7-12-18-30,27-36(3)42(39,40)31-19-13-8-14-20-31)22-24-37-23-21-29(25-32(37)35-5-2)33(38)41-26-28-15-9-6-10-16-28;/h6-20,29,32,35H,4-5,21-27H2,1-3H3;1H/t29?,32-,34-;/m0./s1. The van der Waals surface area contributed by atoms with Gasteiger partial charge in [-0.25, -0.2) is 12.7 Å². The van der Waals surface area contributed by atoms with Crippen molar-refractivity contribution in [1.29, 1.82) is 0 Å². The van der Waals surface area contributed by atoms with Crippen molar-refractivity contribution in [3.63, 3.8) is 0 Å². The molecule has 4 rings (SSSR count). The molecule has 0 aromatic heterocycles. The lowest BCUT2D eigenvalue weighted by atomic mass is 9.75. The van der Waals surface area contributed by atoms with Gasteiger partial charge in [-0.05, 0) is 55.5 Å². The van der Waals surface area contributed by atoms with Crippen molar-refractivity contribution >= 4 is 28.4 Å². The van der Waals surface area contributed by atoms with Crippen LogP contribution >= 0.6 is 12.4 Å². The number of likely N-dealkylation sites (tertiary alicyclic amines) is 1. The lowest BCUT2D eigenvalue weighted by molar-refractivity contribution is -0.152. The first-order valence-electron chi connectivity index (χ1n) is 15.0. The number of piperidine rings is 1. The molecule has 1 unspecified atom stereocenters. The van der Waals surface area contributed by atoms with Gasteiger partial charge in [-0.3, -0.25) is 9.69 Å². The average molecular weight is 628 g/mol. The van der Waals surface area contributed by atoms with E-state index in [1.807, 2.05) is 54.6 Å². The second kappa shape index (κ2) is 16.4. The van der Waals surface area contributed by atoms with Crippen LogP contribution in [0, 0.1) is 5.92 Å². The molecule has 3 atom stereocenters. The van der Waals surface area contributed by atoms with Crippen LogP contribution in [0.3, 0.4) is 0 Å². The van der Waals surface area contributed by atoms with Crippen molar-refractivity contribution in [2.75, 3.05) is 33.2 Å². The Morgan fingerprint density at radius 3 is 2.19 bits per heavy atom. The van der Waals surface area contributed by atoms with Crippen LogP contribution in [0.4, 0.5) is 0 Å². The van der Waals surface area contributed by atoms with Gasteiger partial charge in [-0.1, -0.05) is 92.7 Å². The summed E-state index contributed by atoms with van der Waals surface area (Å²) in [5.41, 5.74) is 1.75. The summed E-state index contributed by atoms with van der Waals surface area (Å²) in [5, 5.41) is 3.59. The molecule has 0 spiro atoms. The highest BCUT2D eigenvalue weighted by molar-refractivity contribution is 7.89. The van der Waals surface area contributed by atoms with Crippen LogP contribution in [0.15, 0.2) is 95.9 Å². The molecule has 0 radical (unpaired) electrons. The number of carbonyl (C=O) groups is 1. The lowest BCUT2D eigenvalue weighted by Crippen LogP contribution is -2.53. The number of likely N-dealkylation sites (N-methyl/N-ethyl adjacent to an activating group) is 1. The van der Waals surface area contributed by atoms with Gasteiger partial charge < -0.3 is 10.1 Å².